The molecule has 1 aliphatic heterocycles. The average Bonchev–Trinajstić information content (AvgIpc) is 3.19. The molecule has 3 aromatic rings. The molecule has 2 fully saturated rings. The molecule has 2 heterocycles. The van der Waals surface area contributed by atoms with Crippen molar-refractivity contribution in [1.82, 2.24) is 25.2 Å². The smallest absolute Gasteiger partial charge is 0.277 e. The van der Waals surface area contributed by atoms with Crippen LogP contribution in [-0.4, -0.2) is 51.5 Å². The first-order valence-electron chi connectivity index (χ1n) is 10.1. The molecule has 0 spiro atoms. The molecule has 1 N–H and O–H groups in total. The first-order valence-corrected chi connectivity index (χ1v) is 10.1. The SMILES string of the molecule is O=C(NC1C2CN(CCCn3nnc4ccccc4c3=O)CC21)c1ccccc1. The van der Waals surface area contributed by atoms with Crippen molar-refractivity contribution < 1.29 is 4.79 Å². The highest BCUT2D eigenvalue weighted by atomic mass is 16.2. The summed E-state index contributed by atoms with van der Waals surface area (Å²) in [4.78, 5) is 27.2. The van der Waals surface area contributed by atoms with Gasteiger partial charge in [0.05, 0.1) is 5.39 Å². The maximum atomic E-state index is 12.5. The summed E-state index contributed by atoms with van der Waals surface area (Å²) in [5.41, 5.74) is 1.27. The van der Waals surface area contributed by atoms with Crippen LogP contribution in [-0.2, 0) is 6.54 Å². The van der Waals surface area contributed by atoms with E-state index in [1.54, 1.807) is 12.1 Å². The highest BCUT2D eigenvalue weighted by molar-refractivity contribution is 5.94. The number of amides is 1. The summed E-state index contributed by atoms with van der Waals surface area (Å²) >= 11 is 0. The van der Waals surface area contributed by atoms with Gasteiger partial charge in [0.15, 0.2) is 0 Å². The Bertz CT molecular complexity index is 1090. The van der Waals surface area contributed by atoms with Gasteiger partial charge in [0.1, 0.15) is 5.52 Å². The molecule has 7 heteroatoms. The predicted octanol–water partition coefficient (Wildman–Crippen LogP) is 1.54. The number of carbonyl (C=O) groups is 1. The van der Waals surface area contributed by atoms with Crippen molar-refractivity contribution in [2.45, 2.75) is 19.0 Å². The van der Waals surface area contributed by atoms with Crippen LogP contribution in [0.2, 0.25) is 0 Å². The van der Waals surface area contributed by atoms with Gasteiger partial charge in [-0.3, -0.25) is 9.59 Å². The van der Waals surface area contributed by atoms with Gasteiger partial charge in [0.25, 0.3) is 11.5 Å². The highest BCUT2D eigenvalue weighted by Gasteiger charge is 2.56. The number of aryl methyl sites for hydroxylation is 1. The molecule has 5 rings (SSSR count). The van der Waals surface area contributed by atoms with Crippen LogP contribution in [0, 0.1) is 11.8 Å². The van der Waals surface area contributed by atoms with Crippen molar-refractivity contribution in [3.8, 4) is 0 Å². The van der Waals surface area contributed by atoms with Crippen LogP contribution in [0.15, 0.2) is 59.4 Å². The molecule has 7 nitrogen and oxygen atoms in total. The van der Waals surface area contributed by atoms with Gasteiger partial charge in [0.2, 0.25) is 0 Å². The Morgan fingerprint density at radius 3 is 2.52 bits per heavy atom. The molecule has 2 aliphatic rings. The number of piperidine rings is 1. The number of fused-ring (bicyclic) bond motifs is 2. The second-order valence-corrected chi connectivity index (χ2v) is 7.94. The molecule has 1 amide bonds. The Balaban J connectivity index is 1.10. The number of carbonyl (C=O) groups excluding carboxylic acids is 1. The zero-order valence-electron chi connectivity index (χ0n) is 16.1. The minimum atomic E-state index is -0.0800. The molecule has 0 bridgehead atoms. The molecule has 1 saturated heterocycles. The third-order valence-corrected chi connectivity index (χ3v) is 6.08. The Labute approximate surface area is 168 Å². The zero-order chi connectivity index (χ0) is 19.8. The second kappa shape index (κ2) is 7.40. The van der Waals surface area contributed by atoms with Crippen molar-refractivity contribution in [3.63, 3.8) is 0 Å². The number of likely N-dealkylation sites (tertiary alicyclic amines) is 1. The quantitative estimate of drug-likeness (QED) is 0.692. The van der Waals surface area contributed by atoms with Crippen molar-refractivity contribution in [2.24, 2.45) is 11.8 Å². The number of hydrogen-bond acceptors (Lipinski definition) is 5. The third-order valence-electron chi connectivity index (χ3n) is 6.08. The maximum absolute atomic E-state index is 12.5. The van der Waals surface area contributed by atoms with Gasteiger partial charge in [-0.25, -0.2) is 4.68 Å². The number of nitrogens with zero attached hydrogens (tertiary/aromatic N) is 4. The highest BCUT2D eigenvalue weighted by Crippen LogP contribution is 2.45. The first-order chi connectivity index (χ1) is 14.2. The molecule has 1 saturated carbocycles. The normalized spacial score (nSPS) is 23.1. The average molecular weight is 389 g/mol. The van der Waals surface area contributed by atoms with E-state index in [0.717, 1.165) is 31.6 Å². The van der Waals surface area contributed by atoms with E-state index in [0.29, 0.717) is 35.3 Å². The number of rotatable bonds is 6. The Kier molecular flexibility index (Phi) is 4.60. The molecule has 148 valence electrons. The fourth-order valence-corrected chi connectivity index (χ4v) is 4.45. The summed E-state index contributed by atoms with van der Waals surface area (Å²) < 4.78 is 1.46. The van der Waals surface area contributed by atoms with E-state index < -0.39 is 0 Å². The van der Waals surface area contributed by atoms with Gasteiger partial charge in [-0.1, -0.05) is 35.5 Å². The van der Waals surface area contributed by atoms with Crippen molar-refractivity contribution in [2.75, 3.05) is 19.6 Å². The van der Waals surface area contributed by atoms with Gasteiger partial charge in [-0.05, 0) is 49.1 Å². The molecular formula is C22H23N5O2. The Hall–Kier alpha value is -3.06. The summed E-state index contributed by atoms with van der Waals surface area (Å²) in [6.45, 7) is 3.50. The summed E-state index contributed by atoms with van der Waals surface area (Å²) in [6, 6.07) is 17.0. The van der Waals surface area contributed by atoms with E-state index >= 15 is 0 Å². The summed E-state index contributed by atoms with van der Waals surface area (Å²) in [5.74, 6) is 1.11. The molecule has 0 radical (unpaired) electrons. The first kappa shape index (κ1) is 18.0. The van der Waals surface area contributed by atoms with E-state index in [-0.39, 0.29) is 11.5 Å². The van der Waals surface area contributed by atoms with Crippen LogP contribution in [0.5, 0.6) is 0 Å². The van der Waals surface area contributed by atoms with Crippen molar-refractivity contribution in [1.29, 1.82) is 0 Å². The van der Waals surface area contributed by atoms with Crippen molar-refractivity contribution in [3.05, 3.63) is 70.5 Å². The molecule has 2 aromatic carbocycles. The Morgan fingerprint density at radius 2 is 1.72 bits per heavy atom. The molecular weight excluding hydrogens is 366 g/mol. The number of benzene rings is 2. The topological polar surface area (TPSA) is 80.1 Å². The monoisotopic (exact) mass is 389 g/mol. The summed E-state index contributed by atoms with van der Waals surface area (Å²) in [5, 5.41) is 12.0. The van der Waals surface area contributed by atoms with Crippen LogP contribution in [0.4, 0.5) is 0 Å². The van der Waals surface area contributed by atoms with Crippen LogP contribution in [0.1, 0.15) is 16.8 Å². The van der Waals surface area contributed by atoms with E-state index in [2.05, 4.69) is 20.5 Å². The second-order valence-electron chi connectivity index (χ2n) is 7.94. The number of hydrogen-bond donors (Lipinski definition) is 1. The molecule has 29 heavy (non-hydrogen) atoms. The van der Waals surface area contributed by atoms with Gasteiger partial charge < -0.3 is 10.2 Å². The minimum absolute atomic E-state index is 0.0193. The van der Waals surface area contributed by atoms with Crippen LogP contribution in [0.3, 0.4) is 0 Å². The van der Waals surface area contributed by atoms with Crippen molar-refractivity contribution >= 4 is 16.8 Å². The number of nitrogens with one attached hydrogen (secondary N) is 1. The van der Waals surface area contributed by atoms with Gasteiger partial charge in [-0.15, -0.1) is 5.10 Å². The van der Waals surface area contributed by atoms with Crippen LogP contribution in [0.25, 0.3) is 10.9 Å². The molecule has 2 unspecified atom stereocenters. The fraction of sp³-hybridized carbons (Fsp3) is 0.364. The summed E-state index contributed by atoms with van der Waals surface area (Å²) in [6.07, 6.45) is 0.855. The zero-order valence-corrected chi connectivity index (χ0v) is 16.1. The fourth-order valence-electron chi connectivity index (χ4n) is 4.45. The van der Waals surface area contributed by atoms with Crippen LogP contribution < -0.4 is 10.9 Å². The van der Waals surface area contributed by atoms with E-state index in [9.17, 15) is 9.59 Å². The number of aromatic nitrogens is 3. The lowest BCUT2D eigenvalue weighted by Gasteiger charge is -2.19. The molecule has 1 aliphatic carbocycles. The largest absolute Gasteiger partial charge is 0.349 e. The lowest BCUT2D eigenvalue weighted by molar-refractivity contribution is 0.0943. The van der Waals surface area contributed by atoms with Crippen LogP contribution >= 0.6 is 0 Å². The van der Waals surface area contributed by atoms with E-state index in [1.807, 2.05) is 42.5 Å². The van der Waals surface area contributed by atoms with Gasteiger partial charge in [-0.2, -0.15) is 0 Å². The Morgan fingerprint density at radius 1 is 1.00 bits per heavy atom. The van der Waals surface area contributed by atoms with Gasteiger partial charge in [0, 0.05) is 31.2 Å². The lowest BCUT2D eigenvalue weighted by atomic mass is 10.2. The summed E-state index contributed by atoms with van der Waals surface area (Å²) in [7, 11) is 0. The van der Waals surface area contributed by atoms with E-state index in [4.69, 9.17) is 0 Å². The molecule has 2 atom stereocenters. The lowest BCUT2D eigenvalue weighted by Crippen LogP contribution is -2.35. The predicted molar refractivity (Wildman–Crippen MR) is 110 cm³/mol. The standard InChI is InChI=1S/C22H23N5O2/c28-21(15-7-2-1-3-8-15)23-20-17-13-26(14-18(17)20)11-6-12-27-22(29)16-9-4-5-10-19(16)24-25-27/h1-5,7-10,17-18,20H,6,11-14H2,(H,23,28). The van der Waals surface area contributed by atoms with Gasteiger partial charge >= 0.3 is 0 Å². The van der Waals surface area contributed by atoms with E-state index in [1.165, 1.54) is 4.68 Å². The maximum Gasteiger partial charge on any atom is 0.277 e. The molecule has 1 aromatic heterocycles. The minimum Gasteiger partial charge on any atom is -0.349 e. The third kappa shape index (κ3) is 3.53.